The fourth-order valence-electron chi connectivity index (χ4n) is 3.51. The fourth-order valence-corrected chi connectivity index (χ4v) is 3.51. The molecule has 0 saturated heterocycles. The van der Waals surface area contributed by atoms with Crippen molar-refractivity contribution in [2.24, 2.45) is 5.92 Å². The van der Waals surface area contributed by atoms with Gasteiger partial charge in [-0.25, -0.2) is 9.59 Å². The first-order valence-corrected chi connectivity index (χ1v) is 10.3. The molecule has 1 saturated carbocycles. The number of ether oxygens (including phenoxy) is 2. The van der Waals surface area contributed by atoms with Crippen LogP contribution in [0.15, 0.2) is 30.3 Å². The fraction of sp³-hybridized carbons (Fsp3) is 0.636. The number of amides is 2. The minimum atomic E-state index is -0.471. The summed E-state index contributed by atoms with van der Waals surface area (Å²) < 4.78 is 10.6. The molecule has 1 aliphatic carbocycles. The van der Waals surface area contributed by atoms with Crippen LogP contribution in [0.25, 0.3) is 0 Å². The van der Waals surface area contributed by atoms with Crippen LogP contribution in [0.2, 0.25) is 0 Å². The molecule has 0 radical (unpaired) electrons. The molecule has 28 heavy (non-hydrogen) atoms. The molecule has 2 rings (SSSR count). The minimum Gasteiger partial charge on any atom is -0.445 e. The Morgan fingerprint density at radius 3 is 2.57 bits per heavy atom. The van der Waals surface area contributed by atoms with E-state index in [1.54, 1.807) is 0 Å². The van der Waals surface area contributed by atoms with Crippen molar-refractivity contribution in [1.82, 2.24) is 10.6 Å². The van der Waals surface area contributed by atoms with Crippen molar-refractivity contribution in [2.45, 2.75) is 77.5 Å². The zero-order valence-electron chi connectivity index (χ0n) is 17.3. The zero-order valence-corrected chi connectivity index (χ0v) is 17.3. The first-order valence-electron chi connectivity index (χ1n) is 10.3. The van der Waals surface area contributed by atoms with E-state index < -0.39 is 5.60 Å². The van der Waals surface area contributed by atoms with Crippen LogP contribution < -0.4 is 10.6 Å². The van der Waals surface area contributed by atoms with E-state index in [0.29, 0.717) is 19.1 Å². The van der Waals surface area contributed by atoms with Crippen LogP contribution in [0, 0.1) is 5.92 Å². The van der Waals surface area contributed by atoms with Crippen molar-refractivity contribution >= 4 is 12.2 Å². The lowest BCUT2D eigenvalue weighted by Gasteiger charge is -2.29. The molecule has 2 N–H and O–H groups in total. The quantitative estimate of drug-likeness (QED) is 0.657. The van der Waals surface area contributed by atoms with Gasteiger partial charge in [-0.15, -0.1) is 0 Å². The van der Waals surface area contributed by atoms with Crippen molar-refractivity contribution in [3.05, 3.63) is 35.9 Å². The second-order valence-corrected chi connectivity index (χ2v) is 8.51. The van der Waals surface area contributed by atoms with Gasteiger partial charge >= 0.3 is 12.2 Å². The maximum Gasteiger partial charge on any atom is 0.407 e. The summed E-state index contributed by atoms with van der Waals surface area (Å²) in [6.07, 6.45) is 5.47. The predicted octanol–water partition coefficient (Wildman–Crippen LogP) is 4.78. The standard InChI is InChI=1S/C22H34N2O4/c1-22(2,3)28-20(25)23-14-8-12-17-11-7-13-19(15-17)24-21(26)27-16-18-9-5-4-6-10-18/h4-6,9-10,17,19H,7-8,11-16H2,1-3H3,(H,23,25)(H,24,26). The molecule has 1 fully saturated rings. The van der Waals surface area contributed by atoms with Gasteiger partial charge < -0.3 is 20.1 Å². The van der Waals surface area contributed by atoms with Crippen molar-refractivity contribution in [1.29, 1.82) is 0 Å². The van der Waals surface area contributed by atoms with Gasteiger partial charge in [0.05, 0.1) is 0 Å². The number of hydrogen-bond donors (Lipinski definition) is 2. The monoisotopic (exact) mass is 390 g/mol. The van der Waals surface area contributed by atoms with Gasteiger partial charge in [-0.2, -0.15) is 0 Å². The number of rotatable bonds is 7. The Morgan fingerprint density at radius 2 is 1.86 bits per heavy atom. The second-order valence-electron chi connectivity index (χ2n) is 8.51. The molecule has 0 heterocycles. The van der Waals surface area contributed by atoms with E-state index in [2.05, 4.69) is 10.6 Å². The molecule has 1 aromatic rings. The SMILES string of the molecule is CC(C)(C)OC(=O)NCCCC1CCCC(NC(=O)OCc2ccccc2)C1. The predicted molar refractivity (Wildman–Crippen MR) is 109 cm³/mol. The van der Waals surface area contributed by atoms with E-state index in [4.69, 9.17) is 9.47 Å². The lowest BCUT2D eigenvalue weighted by molar-refractivity contribution is 0.0525. The average Bonchev–Trinajstić information content (AvgIpc) is 2.63. The molecule has 2 amide bonds. The highest BCUT2D eigenvalue weighted by Gasteiger charge is 2.23. The van der Waals surface area contributed by atoms with Crippen LogP contribution in [-0.2, 0) is 16.1 Å². The number of carbonyl (C=O) groups is 2. The van der Waals surface area contributed by atoms with E-state index in [1.807, 2.05) is 51.1 Å². The average molecular weight is 391 g/mol. The van der Waals surface area contributed by atoms with Crippen LogP contribution in [-0.4, -0.2) is 30.4 Å². The highest BCUT2D eigenvalue weighted by atomic mass is 16.6. The molecule has 0 bridgehead atoms. The summed E-state index contributed by atoms with van der Waals surface area (Å²) in [6.45, 7) is 6.47. The van der Waals surface area contributed by atoms with Gasteiger partial charge in [-0.05, 0) is 57.9 Å². The van der Waals surface area contributed by atoms with Gasteiger partial charge in [-0.1, -0.05) is 43.2 Å². The van der Waals surface area contributed by atoms with Gasteiger partial charge in [0.2, 0.25) is 0 Å². The van der Waals surface area contributed by atoms with Crippen LogP contribution >= 0.6 is 0 Å². The summed E-state index contributed by atoms with van der Waals surface area (Å²) in [5.41, 5.74) is 0.512. The smallest absolute Gasteiger partial charge is 0.407 e. The normalized spacial score (nSPS) is 19.5. The summed E-state index contributed by atoms with van der Waals surface area (Å²) in [5.74, 6) is 0.564. The molecule has 2 atom stereocenters. The van der Waals surface area contributed by atoms with Crippen LogP contribution in [0.4, 0.5) is 9.59 Å². The minimum absolute atomic E-state index is 0.167. The number of hydrogen-bond acceptors (Lipinski definition) is 4. The Morgan fingerprint density at radius 1 is 1.11 bits per heavy atom. The molecule has 6 nitrogen and oxygen atoms in total. The number of nitrogens with one attached hydrogen (secondary N) is 2. The van der Waals surface area contributed by atoms with Gasteiger partial charge in [0.25, 0.3) is 0 Å². The largest absolute Gasteiger partial charge is 0.445 e. The van der Waals surface area contributed by atoms with Crippen LogP contribution in [0.1, 0.15) is 64.9 Å². The maximum atomic E-state index is 12.0. The summed E-state index contributed by atoms with van der Waals surface area (Å²) in [6, 6.07) is 9.85. The molecule has 1 aliphatic rings. The van der Waals surface area contributed by atoms with E-state index >= 15 is 0 Å². The third-order valence-electron chi connectivity index (χ3n) is 4.77. The van der Waals surface area contributed by atoms with Crippen LogP contribution in [0.3, 0.4) is 0 Å². The Balaban J connectivity index is 1.61. The first-order chi connectivity index (χ1) is 13.3. The van der Waals surface area contributed by atoms with Crippen molar-refractivity contribution < 1.29 is 19.1 Å². The van der Waals surface area contributed by atoms with Crippen molar-refractivity contribution in [3.63, 3.8) is 0 Å². The number of alkyl carbamates (subject to hydrolysis) is 2. The molecular weight excluding hydrogens is 356 g/mol. The van der Waals surface area contributed by atoms with E-state index in [-0.39, 0.29) is 18.2 Å². The molecule has 0 aromatic heterocycles. The van der Waals surface area contributed by atoms with E-state index in [0.717, 1.165) is 37.7 Å². The highest BCUT2D eigenvalue weighted by Crippen LogP contribution is 2.27. The third-order valence-corrected chi connectivity index (χ3v) is 4.77. The number of carbonyl (C=O) groups excluding carboxylic acids is 2. The molecule has 2 unspecified atom stereocenters. The maximum absolute atomic E-state index is 12.0. The number of benzene rings is 1. The summed E-state index contributed by atoms with van der Waals surface area (Å²) >= 11 is 0. The first kappa shape index (κ1) is 22.1. The van der Waals surface area contributed by atoms with E-state index in [1.165, 1.54) is 6.42 Å². The molecule has 1 aromatic carbocycles. The summed E-state index contributed by atoms with van der Waals surface area (Å²) in [4.78, 5) is 23.7. The van der Waals surface area contributed by atoms with Gasteiger partial charge in [0, 0.05) is 12.6 Å². The molecule has 6 heteroatoms. The molecule has 0 spiro atoms. The lowest BCUT2D eigenvalue weighted by atomic mass is 9.83. The lowest BCUT2D eigenvalue weighted by Crippen LogP contribution is -2.38. The summed E-state index contributed by atoms with van der Waals surface area (Å²) in [5, 5.41) is 5.81. The highest BCUT2D eigenvalue weighted by molar-refractivity contribution is 5.68. The second kappa shape index (κ2) is 10.9. The molecule has 0 aliphatic heterocycles. The van der Waals surface area contributed by atoms with E-state index in [9.17, 15) is 9.59 Å². The Kier molecular flexibility index (Phi) is 8.61. The van der Waals surface area contributed by atoms with Gasteiger partial charge in [-0.3, -0.25) is 0 Å². The zero-order chi connectivity index (χ0) is 20.4. The molecular formula is C22H34N2O4. The van der Waals surface area contributed by atoms with Crippen LogP contribution in [0.5, 0.6) is 0 Å². The molecule has 156 valence electrons. The van der Waals surface area contributed by atoms with Crippen molar-refractivity contribution in [3.8, 4) is 0 Å². The Labute approximate surface area is 168 Å². The summed E-state index contributed by atoms with van der Waals surface area (Å²) in [7, 11) is 0. The van der Waals surface area contributed by atoms with Crippen molar-refractivity contribution in [2.75, 3.05) is 6.54 Å². The van der Waals surface area contributed by atoms with Gasteiger partial charge in [0.1, 0.15) is 12.2 Å². The van der Waals surface area contributed by atoms with Gasteiger partial charge in [0.15, 0.2) is 0 Å². The third kappa shape index (κ3) is 9.11. The topological polar surface area (TPSA) is 76.7 Å². The Hall–Kier alpha value is -2.24. The Bertz CT molecular complexity index is 613.